The number of amides is 1. The molecule has 136 valence electrons. The highest BCUT2D eigenvalue weighted by Crippen LogP contribution is 2.30. The fraction of sp³-hybridized carbons (Fsp3) is 0.300. The molecule has 0 N–H and O–H groups in total. The molecule has 2 aromatic carbocycles. The average Bonchev–Trinajstić information content (AvgIpc) is 2.70. The summed E-state index contributed by atoms with van der Waals surface area (Å²) in [5.41, 5.74) is 2.45. The van der Waals surface area contributed by atoms with Gasteiger partial charge in [-0.3, -0.25) is 4.79 Å². The molecule has 1 aliphatic rings. The van der Waals surface area contributed by atoms with Gasteiger partial charge in [-0.15, -0.1) is 0 Å². The number of rotatable bonds is 5. The number of benzene rings is 2. The van der Waals surface area contributed by atoms with E-state index in [-0.39, 0.29) is 12.5 Å². The van der Waals surface area contributed by atoms with Crippen molar-refractivity contribution in [3.8, 4) is 11.5 Å². The van der Waals surface area contributed by atoms with E-state index in [1.807, 2.05) is 18.2 Å². The molecule has 0 fully saturated rings. The molecule has 0 unspecified atom stereocenters. The smallest absolute Gasteiger partial charge is 0.337 e. The van der Waals surface area contributed by atoms with Crippen LogP contribution in [0.25, 0.3) is 0 Å². The van der Waals surface area contributed by atoms with Gasteiger partial charge < -0.3 is 19.1 Å². The number of methoxy groups -OCH3 is 2. The minimum absolute atomic E-state index is 0.0664. The number of anilines is 1. The molecule has 1 aliphatic heterocycles. The Morgan fingerprint density at radius 1 is 1.04 bits per heavy atom. The van der Waals surface area contributed by atoms with Crippen molar-refractivity contribution < 1.29 is 23.8 Å². The van der Waals surface area contributed by atoms with E-state index < -0.39 is 5.97 Å². The summed E-state index contributed by atoms with van der Waals surface area (Å²) in [5, 5.41) is 0. The molecule has 1 amide bonds. The molecule has 0 aliphatic carbocycles. The quantitative estimate of drug-likeness (QED) is 0.772. The van der Waals surface area contributed by atoms with E-state index in [2.05, 4.69) is 4.74 Å². The zero-order valence-corrected chi connectivity index (χ0v) is 14.9. The zero-order valence-electron chi connectivity index (χ0n) is 14.9. The lowest BCUT2D eigenvalue weighted by Crippen LogP contribution is -2.38. The van der Waals surface area contributed by atoms with Gasteiger partial charge in [0.2, 0.25) is 0 Å². The van der Waals surface area contributed by atoms with Crippen molar-refractivity contribution in [1.82, 2.24) is 0 Å². The monoisotopic (exact) mass is 355 g/mol. The Kier molecular flexibility index (Phi) is 5.41. The third kappa shape index (κ3) is 3.79. The van der Waals surface area contributed by atoms with Crippen LogP contribution in [0.5, 0.6) is 11.5 Å². The zero-order chi connectivity index (χ0) is 18.5. The first kappa shape index (κ1) is 17.8. The highest BCUT2D eigenvalue weighted by Gasteiger charge is 2.23. The molecule has 3 rings (SSSR count). The van der Waals surface area contributed by atoms with Gasteiger partial charge in [-0.25, -0.2) is 4.79 Å². The molecule has 1 heterocycles. The molecule has 26 heavy (non-hydrogen) atoms. The maximum atomic E-state index is 12.6. The van der Waals surface area contributed by atoms with Crippen LogP contribution < -0.4 is 14.4 Å². The molecular weight excluding hydrogens is 334 g/mol. The minimum Gasteiger partial charge on any atom is -0.497 e. The second kappa shape index (κ2) is 7.91. The van der Waals surface area contributed by atoms with Crippen LogP contribution in [-0.2, 0) is 16.0 Å². The van der Waals surface area contributed by atoms with Gasteiger partial charge in [0, 0.05) is 12.2 Å². The number of fused-ring (bicyclic) bond motifs is 1. The van der Waals surface area contributed by atoms with Crippen LogP contribution in [0.1, 0.15) is 22.3 Å². The van der Waals surface area contributed by atoms with E-state index in [0.717, 1.165) is 29.8 Å². The van der Waals surface area contributed by atoms with Crippen molar-refractivity contribution >= 4 is 17.6 Å². The summed E-state index contributed by atoms with van der Waals surface area (Å²) >= 11 is 0. The normalized spacial score (nSPS) is 12.9. The van der Waals surface area contributed by atoms with Gasteiger partial charge in [0.05, 0.1) is 19.8 Å². The van der Waals surface area contributed by atoms with Crippen LogP contribution >= 0.6 is 0 Å². The van der Waals surface area contributed by atoms with E-state index in [9.17, 15) is 9.59 Å². The number of esters is 1. The second-order valence-corrected chi connectivity index (χ2v) is 5.95. The number of hydrogen-bond acceptors (Lipinski definition) is 5. The number of nitrogens with zero attached hydrogens (tertiary/aromatic N) is 1. The standard InChI is InChI=1S/C20H21NO5/c1-24-17-9-10-18-15(12-17)4-3-11-21(18)19(22)13-26-16-7-5-14(6-8-16)20(23)25-2/h5-10,12H,3-4,11,13H2,1-2H3. The molecule has 0 aromatic heterocycles. The van der Waals surface area contributed by atoms with E-state index in [1.165, 1.54) is 7.11 Å². The Hall–Kier alpha value is -3.02. The van der Waals surface area contributed by atoms with Gasteiger partial charge in [-0.1, -0.05) is 0 Å². The molecule has 0 spiro atoms. The summed E-state index contributed by atoms with van der Waals surface area (Å²) in [7, 11) is 2.96. The SMILES string of the molecule is COC(=O)c1ccc(OCC(=O)N2CCCc3cc(OC)ccc32)cc1. The topological polar surface area (TPSA) is 65.1 Å². The van der Waals surface area contributed by atoms with Gasteiger partial charge in [-0.05, 0) is 60.9 Å². The van der Waals surface area contributed by atoms with Crippen molar-refractivity contribution in [2.24, 2.45) is 0 Å². The first-order valence-corrected chi connectivity index (χ1v) is 8.41. The maximum absolute atomic E-state index is 12.6. The van der Waals surface area contributed by atoms with Crippen molar-refractivity contribution in [2.75, 3.05) is 32.3 Å². The third-order valence-corrected chi connectivity index (χ3v) is 4.34. The summed E-state index contributed by atoms with van der Waals surface area (Å²) < 4.78 is 15.5. The lowest BCUT2D eigenvalue weighted by molar-refractivity contribution is -0.120. The number of ether oxygens (including phenoxy) is 3. The van der Waals surface area contributed by atoms with E-state index in [1.54, 1.807) is 36.3 Å². The van der Waals surface area contributed by atoms with Crippen molar-refractivity contribution in [1.29, 1.82) is 0 Å². The summed E-state index contributed by atoms with van der Waals surface area (Å²) in [6.07, 6.45) is 1.83. The number of aryl methyl sites for hydroxylation is 1. The Balaban J connectivity index is 1.65. The Morgan fingerprint density at radius 3 is 2.46 bits per heavy atom. The van der Waals surface area contributed by atoms with E-state index in [4.69, 9.17) is 9.47 Å². The van der Waals surface area contributed by atoms with Gasteiger partial charge in [0.25, 0.3) is 5.91 Å². The number of carbonyl (C=O) groups excluding carboxylic acids is 2. The molecule has 2 aromatic rings. The Bertz CT molecular complexity index is 800. The van der Waals surface area contributed by atoms with Crippen molar-refractivity contribution in [2.45, 2.75) is 12.8 Å². The Labute approximate surface area is 152 Å². The predicted octanol–water partition coefficient (Wildman–Crippen LogP) is 2.84. The van der Waals surface area contributed by atoms with Crippen LogP contribution in [-0.4, -0.2) is 39.2 Å². The largest absolute Gasteiger partial charge is 0.497 e. The lowest BCUT2D eigenvalue weighted by Gasteiger charge is -2.29. The summed E-state index contributed by atoms with van der Waals surface area (Å²) in [5.74, 6) is 0.805. The molecule has 0 radical (unpaired) electrons. The fourth-order valence-corrected chi connectivity index (χ4v) is 2.99. The first-order chi connectivity index (χ1) is 12.6. The lowest BCUT2D eigenvalue weighted by atomic mass is 10.0. The average molecular weight is 355 g/mol. The minimum atomic E-state index is -0.409. The molecule has 0 saturated carbocycles. The Morgan fingerprint density at radius 2 is 1.77 bits per heavy atom. The fourth-order valence-electron chi connectivity index (χ4n) is 2.99. The molecule has 6 nitrogen and oxygen atoms in total. The van der Waals surface area contributed by atoms with Crippen LogP contribution in [0.3, 0.4) is 0 Å². The highest BCUT2D eigenvalue weighted by atomic mass is 16.5. The number of hydrogen-bond donors (Lipinski definition) is 0. The molecule has 0 saturated heterocycles. The van der Waals surface area contributed by atoms with E-state index in [0.29, 0.717) is 17.9 Å². The predicted molar refractivity (Wildman–Crippen MR) is 96.9 cm³/mol. The molecule has 0 atom stereocenters. The van der Waals surface area contributed by atoms with Crippen LogP contribution in [0.4, 0.5) is 5.69 Å². The summed E-state index contributed by atoms with van der Waals surface area (Å²) in [6.45, 7) is 0.603. The van der Waals surface area contributed by atoms with Crippen molar-refractivity contribution in [3.05, 3.63) is 53.6 Å². The molecule has 6 heteroatoms. The second-order valence-electron chi connectivity index (χ2n) is 5.95. The van der Waals surface area contributed by atoms with Crippen LogP contribution in [0.15, 0.2) is 42.5 Å². The first-order valence-electron chi connectivity index (χ1n) is 8.41. The number of carbonyl (C=O) groups is 2. The van der Waals surface area contributed by atoms with Crippen LogP contribution in [0, 0.1) is 0 Å². The van der Waals surface area contributed by atoms with E-state index >= 15 is 0 Å². The summed E-state index contributed by atoms with van der Waals surface area (Å²) in [4.78, 5) is 25.8. The van der Waals surface area contributed by atoms with Gasteiger partial charge >= 0.3 is 5.97 Å². The summed E-state index contributed by atoms with van der Waals surface area (Å²) in [6, 6.07) is 12.2. The third-order valence-electron chi connectivity index (χ3n) is 4.34. The van der Waals surface area contributed by atoms with Crippen molar-refractivity contribution in [3.63, 3.8) is 0 Å². The van der Waals surface area contributed by atoms with Gasteiger partial charge in [0.1, 0.15) is 11.5 Å². The van der Waals surface area contributed by atoms with Gasteiger partial charge in [0.15, 0.2) is 6.61 Å². The van der Waals surface area contributed by atoms with Gasteiger partial charge in [-0.2, -0.15) is 0 Å². The maximum Gasteiger partial charge on any atom is 0.337 e. The highest BCUT2D eigenvalue weighted by molar-refractivity contribution is 5.95. The molecule has 0 bridgehead atoms. The molecular formula is C20H21NO5. The van der Waals surface area contributed by atoms with Crippen LogP contribution in [0.2, 0.25) is 0 Å².